The van der Waals surface area contributed by atoms with Gasteiger partial charge in [-0.15, -0.1) is 0 Å². The standard InChI is InChI=1S/C23H16BrClF3N3O/c1-13-9-15(14(2)31(13)19-6-4-18(24)5-7-19)10-16(12-29)22(32)30-21-11-17(23(26,27)28)3-8-20(21)25/h3-11H,1-2H3,(H,30,32)/b16-10+. The first kappa shape index (κ1) is 23.6. The van der Waals surface area contributed by atoms with Gasteiger partial charge in [-0.25, -0.2) is 0 Å². The number of hydrogen-bond donors (Lipinski definition) is 1. The number of benzene rings is 2. The number of alkyl halides is 3. The number of carbonyl (C=O) groups is 1. The summed E-state index contributed by atoms with van der Waals surface area (Å²) in [6.45, 7) is 3.73. The minimum atomic E-state index is -4.59. The van der Waals surface area contributed by atoms with Crippen LogP contribution in [0.1, 0.15) is 22.5 Å². The number of carbonyl (C=O) groups excluding carboxylic acids is 1. The van der Waals surface area contributed by atoms with Crippen molar-refractivity contribution in [1.82, 2.24) is 4.57 Å². The monoisotopic (exact) mass is 521 g/mol. The van der Waals surface area contributed by atoms with E-state index in [-0.39, 0.29) is 16.3 Å². The lowest BCUT2D eigenvalue weighted by Gasteiger charge is -2.11. The van der Waals surface area contributed by atoms with Gasteiger partial charge in [0.1, 0.15) is 11.6 Å². The Bertz CT molecular complexity index is 1260. The molecule has 1 N–H and O–H groups in total. The Morgan fingerprint density at radius 3 is 2.41 bits per heavy atom. The zero-order valence-corrected chi connectivity index (χ0v) is 19.2. The highest BCUT2D eigenvalue weighted by Crippen LogP contribution is 2.34. The Morgan fingerprint density at radius 1 is 1.16 bits per heavy atom. The Kier molecular flexibility index (Phi) is 6.82. The number of amides is 1. The second kappa shape index (κ2) is 9.23. The number of aromatic nitrogens is 1. The summed E-state index contributed by atoms with van der Waals surface area (Å²) >= 11 is 9.33. The van der Waals surface area contributed by atoms with Gasteiger partial charge >= 0.3 is 6.18 Å². The Hall–Kier alpha value is -3.02. The number of aryl methyl sites for hydroxylation is 1. The smallest absolute Gasteiger partial charge is 0.320 e. The van der Waals surface area contributed by atoms with E-state index in [1.165, 1.54) is 6.08 Å². The molecule has 0 aliphatic rings. The molecule has 164 valence electrons. The van der Waals surface area contributed by atoms with E-state index in [1.54, 1.807) is 6.07 Å². The van der Waals surface area contributed by atoms with E-state index < -0.39 is 17.6 Å². The van der Waals surface area contributed by atoms with E-state index in [4.69, 9.17) is 11.6 Å². The van der Waals surface area contributed by atoms with Crippen molar-refractivity contribution in [3.8, 4) is 11.8 Å². The molecule has 0 saturated carbocycles. The van der Waals surface area contributed by atoms with Crippen molar-refractivity contribution < 1.29 is 18.0 Å². The molecular weight excluding hydrogens is 507 g/mol. The van der Waals surface area contributed by atoms with E-state index >= 15 is 0 Å². The van der Waals surface area contributed by atoms with E-state index in [1.807, 2.05) is 48.7 Å². The molecule has 0 spiro atoms. The van der Waals surface area contributed by atoms with Gasteiger partial charge in [0.2, 0.25) is 0 Å². The van der Waals surface area contributed by atoms with Crippen LogP contribution in [0.2, 0.25) is 5.02 Å². The molecule has 0 aliphatic heterocycles. The molecular formula is C23H16BrClF3N3O. The lowest BCUT2D eigenvalue weighted by Crippen LogP contribution is -2.15. The van der Waals surface area contributed by atoms with Gasteiger partial charge < -0.3 is 9.88 Å². The van der Waals surface area contributed by atoms with E-state index in [2.05, 4.69) is 21.2 Å². The third-order valence-corrected chi connectivity index (χ3v) is 5.62. The van der Waals surface area contributed by atoms with Crippen molar-refractivity contribution in [2.45, 2.75) is 20.0 Å². The minimum absolute atomic E-state index is 0.0722. The maximum atomic E-state index is 13.0. The lowest BCUT2D eigenvalue weighted by atomic mass is 10.1. The number of rotatable bonds is 4. The van der Waals surface area contributed by atoms with Crippen LogP contribution in [0.15, 0.2) is 58.6 Å². The van der Waals surface area contributed by atoms with Crippen molar-refractivity contribution in [2.24, 2.45) is 0 Å². The van der Waals surface area contributed by atoms with Gasteiger partial charge in [0.15, 0.2) is 0 Å². The molecule has 0 atom stereocenters. The van der Waals surface area contributed by atoms with Gasteiger partial charge in [-0.3, -0.25) is 4.79 Å². The molecule has 3 aromatic rings. The SMILES string of the molecule is Cc1cc(/C=C(\C#N)C(=O)Nc2cc(C(F)(F)F)ccc2Cl)c(C)n1-c1ccc(Br)cc1. The topological polar surface area (TPSA) is 57.8 Å². The van der Waals surface area contributed by atoms with Crippen molar-refractivity contribution in [3.63, 3.8) is 0 Å². The van der Waals surface area contributed by atoms with Crippen molar-refractivity contribution in [3.05, 3.63) is 86.1 Å². The van der Waals surface area contributed by atoms with Crippen LogP contribution >= 0.6 is 27.5 Å². The van der Waals surface area contributed by atoms with Gasteiger partial charge in [-0.1, -0.05) is 27.5 Å². The summed E-state index contributed by atoms with van der Waals surface area (Å²) in [6.07, 6.45) is -3.20. The van der Waals surface area contributed by atoms with Gasteiger partial charge in [-0.05, 0) is 74.0 Å². The van der Waals surface area contributed by atoms with Crippen LogP contribution in [0, 0.1) is 25.2 Å². The summed E-state index contributed by atoms with van der Waals surface area (Å²) in [5.74, 6) is -0.859. The first-order chi connectivity index (χ1) is 15.0. The Morgan fingerprint density at radius 2 is 1.81 bits per heavy atom. The second-order valence-corrected chi connectivity index (χ2v) is 8.28. The molecule has 1 aromatic heterocycles. The van der Waals surface area contributed by atoms with Gasteiger partial charge in [-0.2, -0.15) is 18.4 Å². The molecule has 9 heteroatoms. The summed E-state index contributed by atoms with van der Waals surface area (Å²) in [4.78, 5) is 12.6. The highest BCUT2D eigenvalue weighted by Gasteiger charge is 2.31. The molecule has 3 rings (SSSR count). The molecule has 2 aromatic carbocycles. The maximum Gasteiger partial charge on any atom is 0.416 e. The number of halogens is 5. The minimum Gasteiger partial charge on any atom is -0.320 e. The molecule has 4 nitrogen and oxygen atoms in total. The molecule has 1 heterocycles. The normalized spacial score (nSPS) is 11.9. The van der Waals surface area contributed by atoms with E-state index in [0.717, 1.165) is 39.7 Å². The fourth-order valence-corrected chi connectivity index (χ4v) is 3.64. The van der Waals surface area contributed by atoms with Crippen LogP contribution in [0.4, 0.5) is 18.9 Å². The quantitative estimate of drug-likeness (QED) is 0.294. The molecule has 0 radical (unpaired) electrons. The van der Waals surface area contributed by atoms with Crippen LogP contribution in [-0.4, -0.2) is 10.5 Å². The van der Waals surface area contributed by atoms with Crippen molar-refractivity contribution >= 4 is 45.2 Å². The predicted octanol–water partition coefficient (Wildman–Crippen LogP) is 7.07. The summed E-state index contributed by atoms with van der Waals surface area (Å²) in [6, 6.07) is 13.9. The third-order valence-electron chi connectivity index (χ3n) is 4.76. The maximum absolute atomic E-state index is 13.0. The molecule has 32 heavy (non-hydrogen) atoms. The van der Waals surface area contributed by atoms with Crippen LogP contribution in [0.3, 0.4) is 0 Å². The molecule has 0 saturated heterocycles. The Labute approximate surface area is 196 Å². The molecule has 0 fully saturated rings. The van der Waals surface area contributed by atoms with Crippen LogP contribution < -0.4 is 5.32 Å². The molecule has 0 unspecified atom stereocenters. The average Bonchev–Trinajstić information content (AvgIpc) is 3.00. The first-order valence-corrected chi connectivity index (χ1v) is 10.4. The second-order valence-electron chi connectivity index (χ2n) is 6.95. The zero-order chi connectivity index (χ0) is 23.6. The highest BCUT2D eigenvalue weighted by molar-refractivity contribution is 9.10. The summed E-state index contributed by atoms with van der Waals surface area (Å²) in [7, 11) is 0. The number of hydrogen-bond acceptors (Lipinski definition) is 2. The number of anilines is 1. The summed E-state index contributed by atoms with van der Waals surface area (Å²) in [5.41, 5.74) is 1.76. The number of nitriles is 1. The van der Waals surface area contributed by atoms with E-state index in [0.29, 0.717) is 5.56 Å². The molecule has 1 amide bonds. The number of nitrogens with zero attached hydrogens (tertiary/aromatic N) is 2. The zero-order valence-electron chi connectivity index (χ0n) is 16.9. The lowest BCUT2D eigenvalue weighted by molar-refractivity contribution is -0.137. The highest BCUT2D eigenvalue weighted by atomic mass is 79.9. The predicted molar refractivity (Wildman–Crippen MR) is 122 cm³/mol. The van der Waals surface area contributed by atoms with Crippen LogP contribution in [-0.2, 0) is 11.0 Å². The van der Waals surface area contributed by atoms with Gasteiger partial charge in [0.25, 0.3) is 5.91 Å². The largest absolute Gasteiger partial charge is 0.416 e. The number of nitrogens with one attached hydrogen (secondary N) is 1. The van der Waals surface area contributed by atoms with Gasteiger partial charge in [0, 0.05) is 21.5 Å². The fourth-order valence-electron chi connectivity index (χ4n) is 3.21. The fraction of sp³-hybridized carbons (Fsp3) is 0.130. The molecule has 0 bridgehead atoms. The summed E-state index contributed by atoms with van der Waals surface area (Å²) < 4.78 is 41.8. The Balaban J connectivity index is 1.94. The average molecular weight is 523 g/mol. The third kappa shape index (κ3) is 5.06. The van der Waals surface area contributed by atoms with Crippen LogP contribution in [0.5, 0.6) is 0 Å². The van der Waals surface area contributed by atoms with Gasteiger partial charge in [0.05, 0.1) is 16.3 Å². The van der Waals surface area contributed by atoms with Crippen LogP contribution in [0.25, 0.3) is 11.8 Å². The first-order valence-electron chi connectivity index (χ1n) is 9.26. The van der Waals surface area contributed by atoms with Crippen molar-refractivity contribution in [1.29, 1.82) is 5.26 Å². The van der Waals surface area contributed by atoms with Crippen molar-refractivity contribution in [2.75, 3.05) is 5.32 Å². The molecule has 0 aliphatic carbocycles. The van der Waals surface area contributed by atoms with E-state index in [9.17, 15) is 23.2 Å². The summed E-state index contributed by atoms with van der Waals surface area (Å²) in [5, 5.41) is 11.7.